The Morgan fingerprint density at radius 3 is 2.93 bits per heavy atom. The molecule has 0 aromatic heterocycles. The Balaban J connectivity index is 2.68. The molecule has 0 radical (unpaired) electrons. The quantitative estimate of drug-likeness (QED) is 0.699. The number of amides is 1. The van der Waals surface area contributed by atoms with Gasteiger partial charge in [0.1, 0.15) is 11.8 Å². The number of hydrogen-bond acceptors (Lipinski definition) is 3. The molecule has 0 saturated heterocycles. The van der Waals surface area contributed by atoms with Crippen molar-refractivity contribution in [2.45, 2.75) is 0 Å². The first-order valence-corrected chi connectivity index (χ1v) is 3.98. The van der Waals surface area contributed by atoms with E-state index in [9.17, 15) is 13.6 Å². The van der Waals surface area contributed by atoms with E-state index in [1.54, 1.807) is 6.07 Å². The monoisotopic (exact) mass is 210 g/mol. The number of hydrogen-bond donors (Lipinski definition) is 1. The summed E-state index contributed by atoms with van der Waals surface area (Å²) in [7, 11) is 0. The molecule has 0 atom stereocenters. The number of carbonyl (C=O) groups excluding carboxylic acids is 1. The van der Waals surface area contributed by atoms with Gasteiger partial charge in [0.05, 0.1) is 5.56 Å². The van der Waals surface area contributed by atoms with Gasteiger partial charge in [0.15, 0.2) is 18.2 Å². The average Bonchev–Trinajstić information content (AvgIpc) is 2.23. The minimum absolute atomic E-state index is 0.118. The zero-order valence-corrected chi connectivity index (χ0v) is 7.30. The Hall–Kier alpha value is -2.16. The smallest absolute Gasteiger partial charge is 0.262 e. The molecule has 1 amide bonds. The lowest BCUT2D eigenvalue weighted by Crippen LogP contribution is -2.27. The highest BCUT2D eigenvalue weighted by atomic mass is 19.2. The summed E-state index contributed by atoms with van der Waals surface area (Å²) in [5.74, 6) is -3.32. The molecule has 0 saturated carbocycles. The molecule has 1 N–H and O–H groups in total. The van der Waals surface area contributed by atoms with Crippen LogP contribution in [0.2, 0.25) is 0 Å². The van der Waals surface area contributed by atoms with Crippen LogP contribution in [0.3, 0.4) is 0 Å². The largest absolute Gasteiger partial charge is 0.478 e. The molecule has 0 bridgehead atoms. The molecule has 1 heterocycles. The standard InChI is InChI=1S/C9H4F2N2O2/c10-5-1-4(2-12)8-9(7(5)11)15-3-6(14)13-8/h1H,3H2,(H,13,14). The molecule has 6 heteroatoms. The van der Waals surface area contributed by atoms with E-state index in [1.165, 1.54) is 0 Å². The van der Waals surface area contributed by atoms with E-state index in [0.717, 1.165) is 0 Å². The Bertz CT molecular complexity index is 494. The van der Waals surface area contributed by atoms with Gasteiger partial charge < -0.3 is 10.1 Å². The van der Waals surface area contributed by atoms with Crippen molar-refractivity contribution in [2.24, 2.45) is 0 Å². The van der Waals surface area contributed by atoms with Crippen molar-refractivity contribution in [1.29, 1.82) is 5.26 Å². The summed E-state index contributed by atoms with van der Waals surface area (Å²) in [6.07, 6.45) is 0. The van der Waals surface area contributed by atoms with Crippen molar-refractivity contribution in [3.63, 3.8) is 0 Å². The van der Waals surface area contributed by atoms with Gasteiger partial charge in [0.25, 0.3) is 5.91 Å². The maximum atomic E-state index is 13.2. The van der Waals surface area contributed by atoms with Gasteiger partial charge in [-0.05, 0) is 6.07 Å². The van der Waals surface area contributed by atoms with Crippen LogP contribution in [0.4, 0.5) is 14.5 Å². The Morgan fingerprint density at radius 1 is 1.53 bits per heavy atom. The van der Waals surface area contributed by atoms with Crippen molar-refractivity contribution < 1.29 is 18.3 Å². The van der Waals surface area contributed by atoms with Crippen molar-refractivity contribution in [3.05, 3.63) is 23.3 Å². The molecular formula is C9H4F2N2O2. The number of nitriles is 1. The number of fused-ring (bicyclic) bond motifs is 1. The van der Waals surface area contributed by atoms with Crippen molar-refractivity contribution >= 4 is 11.6 Å². The molecule has 4 nitrogen and oxygen atoms in total. The van der Waals surface area contributed by atoms with Gasteiger partial charge in [-0.1, -0.05) is 0 Å². The lowest BCUT2D eigenvalue weighted by atomic mass is 10.1. The topological polar surface area (TPSA) is 62.1 Å². The number of nitrogens with one attached hydrogen (secondary N) is 1. The number of ether oxygens (including phenoxy) is 1. The lowest BCUT2D eigenvalue weighted by Gasteiger charge is -2.19. The van der Waals surface area contributed by atoms with Gasteiger partial charge in [-0.2, -0.15) is 9.65 Å². The molecule has 0 spiro atoms. The van der Waals surface area contributed by atoms with Crippen molar-refractivity contribution in [1.82, 2.24) is 0 Å². The van der Waals surface area contributed by atoms with E-state index in [0.29, 0.717) is 6.07 Å². The number of anilines is 1. The molecule has 1 aromatic carbocycles. The zero-order chi connectivity index (χ0) is 11.0. The van der Waals surface area contributed by atoms with Crippen molar-refractivity contribution in [3.8, 4) is 11.8 Å². The summed E-state index contributed by atoms with van der Waals surface area (Å²) in [4.78, 5) is 10.9. The molecule has 76 valence electrons. The number of nitrogens with zero attached hydrogens (tertiary/aromatic N) is 1. The predicted octanol–water partition coefficient (Wildman–Crippen LogP) is 1.17. The van der Waals surface area contributed by atoms with Crippen LogP contribution in [0.15, 0.2) is 6.07 Å². The maximum absolute atomic E-state index is 13.2. The molecule has 1 aliphatic heterocycles. The van der Waals surface area contributed by atoms with Crippen LogP contribution in [0.5, 0.6) is 5.75 Å². The van der Waals surface area contributed by atoms with Gasteiger partial charge in [0, 0.05) is 0 Å². The predicted molar refractivity (Wildman–Crippen MR) is 45.2 cm³/mol. The fraction of sp³-hybridized carbons (Fsp3) is 0.111. The molecule has 1 aliphatic rings. The second kappa shape index (κ2) is 3.20. The third-order valence-electron chi connectivity index (χ3n) is 1.91. The van der Waals surface area contributed by atoms with Gasteiger partial charge >= 0.3 is 0 Å². The van der Waals surface area contributed by atoms with Crippen LogP contribution in [0.1, 0.15) is 5.56 Å². The third-order valence-corrected chi connectivity index (χ3v) is 1.91. The van der Waals surface area contributed by atoms with E-state index in [2.05, 4.69) is 5.32 Å². The van der Waals surface area contributed by atoms with Crippen LogP contribution < -0.4 is 10.1 Å². The Kier molecular flexibility index (Phi) is 2.01. The second-order valence-corrected chi connectivity index (χ2v) is 2.87. The number of halogens is 2. The summed E-state index contributed by atoms with van der Waals surface area (Å²) in [6, 6.07) is 2.35. The molecule has 0 fully saturated rings. The van der Waals surface area contributed by atoms with Crippen LogP contribution >= 0.6 is 0 Å². The highest BCUT2D eigenvalue weighted by Gasteiger charge is 2.25. The summed E-state index contributed by atoms with van der Waals surface area (Å²) in [5, 5.41) is 10.9. The van der Waals surface area contributed by atoms with E-state index < -0.39 is 29.9 Å². The minimum Gasteiger partial charge on any atom is -0.478 e. The fourth-order valence-corrected chi connectivity index (χ4v) is 1.26. The Labute approximate surface area is 83.1 Å². The van der Waals surface area contributed by atoms with Crippen LogP contribution in [-0.2, 0) is 4.79 Å². The first-order valence-electron chi connectivity index (χ1n) is 3.98. The lowest BCUT2D eigenvalue weighted by molar-refractivity contribution is -0.118. The highest BCUT2D eigenvalue weighted by molar-refractivity contribution is 5.97. The summed E-state index contributed by atoms with van der Waals surface area (Å²) >= 11 is 0. The minimum atomic E-state index is -1.20. The van der Waals surface area contributed by atoms with E-state index >= 15 is 0 Å². The summed E-state index contributed by atoms with van der Waals surface area (Å²) in [6.45, 7) is -0.391. The number of benzene rings is 1. The normalized spacial score (nSPS) is 13.5. The first kappa shape index (κ1) is 9.40. The fourth-order valence-electron chi connectivity index (χ4n) is 1.26. The molecule has 0 unspecified atom stereocenters. The zero-order valence-electron chi connectivity index (χ0n) is 7.30. The van der Waals surface area contributed by atoms with E-state index in [1.807, 2.05) is 0 Å². The van der Waals surface area contributed by atoms with E-state index in [-0.39, 0.29) is 11.3 Å². The Morgan fingerprint density at radius 2 is 2.27 bits per heavy atom. The molecule has 2 rings (SSSR count). The number of carbonyl (C=O) groups is 1. The van der Waals surface area contributed by atoms with Crippen LogP contribution in [-0.4, -0.2) is 12.5 Å². The molecule has 1 aromatic rings. The van der Waals surface area contributed by atoms with Gasteiger partial charge in [0.2, 0.25) is 5.82 Å². The van der Waals surface area contributed by atoms with Gasteiger partial charge in [-0.25, -0.2) is 4.39 Å². The molecule has 15 heavy (non-hydrogen) atoms. The third kappa shape index (κ3) is 1.38. The van der Waals surface area contributed by atoms with Crippen LogP contribution in [0.25, 0.3) is 0 Å². The van der Waals surface area contributed by atoms with Gasteiger partial charge in [-0.3, -0.25) is 4.79 Å². The van der Waals surface area contributed by atoms with E-state index in [4.69, 9.17) is 10.00 Å². The van der Waals surface area contributed by atoms with Crippen molar-refractivity contribution in [2.75, 3.05) is 11.9 Å². The molecular weight excluding hydrogens is 206 g/mol. The average molecular weight is 210 g/mol. The number of rotatable bonds is 0. The van der Waals surface area contributed by atoms with Crippen LogP contribution in [0, 0.1) is 23.0 Å². The molecule has 0 aliphatic carbocycles. The highest BCUT2D eigenvalue weighted by Crippen LogP contribution is 2.35. The second-order valence-electron chi connectivity index (χ2n) is 2.87. The SMILES string of the molecule is N#Cc1cc(F)c(F)c2c1NC(=O)CO2. The first-order chi connectivity index (χ1) is 7.13. The summed E-state index contributed by atoms with van der Waals surface area (Å²) in [5.41, 5.74) is -0.287. The summed E-state index contributed by atoms with van der Waals surface area (Å²) < 4.78 is 30.8. The van der Waals surface area contributed by atoms with Gasteiger partial charge in [-0.15, -0.1) is 0 Å². The maximum Gasteiger partial charge on any atom is 0.262 e.